The van der Waals surface area contributed by atoms with E-state index in [0.717, 1.165) is 16.6 Å². The summed E-state index contributed by atoms with van der Waals surface area (Å²) in [7, 11) is 1.60. The lowest BCUT2D eigenvalue weighted by molar-refractivity contribution is -0.384. The number of nitrogens with zero attached hydrogens (tertiary/aromatic N) is 1. The van der Waals surface area contributed by atoms with Crippen LogP contribution in [0.2, 0.25) is 0 Å². The first kappa shape index (κ1) is 18.2. The molecule has 0 aliphatic rings. The van der Waals surface area contributed by atoms with Gasteiger partial charge in [0.25, 0.3) is 5.69 Å². The smallest absolute Gasteiger partial charge is 0.330 e. The van der Waals surface area contributed by atoms with Crippen LogP contribution in [0.3, 0.4) is 0 Å². The number of hydrogen-bond acceptors (Lipinski definition) is 4. The molecule has 1 radical (unpaired) electrons. The summed E-state index contributed by atoms with van der Waals surface area (Å²) in [5, 5.41) is 21.0. The molecule has 2 rings (SSSR count). The highest BCUT2D eigenvalue weighted by Gasteiger charge is 2.35. The minimum absolute atomic E-state index is 0.0568. The van der Waals surface area contributed by atoms with Crippen LogP contribution in [0, 0.1) is 10.1 Å². The van der Waals surface area contributed by atoms with Crippen LogP contribution in [0.5, 0.6) is 0 Å². The van der Waals surface area contributed by atoms with E-state index in [-0.39, 0.29) is 5.69 Å². The second-order valence-corrected chi connectivity index (χ2v) is 6.74. The molecule has 0 spiro atoms. The molecule has 0 bridgehead atoms. The number of rotatable bonds is 6. The number of non-ortho nitro benzene ring substituents is 1. The van der Waals surface area contributed by atoms with Gasteiger partial charge in [0.05, 0.1) is 16.1 Å². The molecule has 125 valence electrons. The molecule has 0 atom stereocenters. The zero-order chi connectivity index (χ0) is 18.0. The number of nitro groups is 1. The molecule has 0 fully saturated rings. The minimum Gasteiger partial charge on any atom is -0.427 e. The molecule has 0 heterocycles. The van der Waals surface area contributed by atoms with Crippen LogP contribution < -0.4 is 5.46 Å². The number of nitro benzene ring substituents is 1. The summed E-state index contributed by atoms with van der Waals surface area (Å²) in [6.07, 6.45) is 0. The fourth-order valence-electron chi connectivity index (χ4n) is 1.95. The van der Waals surface area contributed by atoms with Crippen molar-refractivity contribution in [2.45, 2.75) is 38.9 Å². The van der Waals surface area contributed by atoms with Crippen LogP contribution >= 0.6 is 0 Å². The molecule has 2 aromatic rings. The Balaban J connectivity index is 2.21. The third-order valence-electron chi connectivity index (χ3n) is 4.24. The molecule has 0 saturated carbocycles. The Morgan fingerprint density at radius 1 is 1.04 bits per heavy atom. The number of aliphatic hydroxyl groups is 1. The molecule has 0 aliphatic carbocycles. The first-order valence-corrected chi connectivity index (χ1v) is 7.68. The van der Waals surface area contributed by atoms with Crippen molar-refractivity contribution in [3.05, 3.63) is 58.6 Å². The normalized spacial score (nSPS) is 12.0. The van der Waals surface area contributed by atoms with E-state index in [4.69, 9.17) is 4.65 Å². The van der Waals surface area contributed by atoms with E-state index in [1.165, 1.54) is 6.07 Å². The van der Waals surface area contributed by atoms with Gasteiger partial charge in [0, 0.05) is 12.1 Å². The zero-order valence-corrected chi connectivity index (χ0v) is 14.3. The molecule has 1 N–H and O–H groups in total. The predicted molar refractivity (Wildman–Crippen MR) is 95.4 cm³/mol. The summed E-state index contributed by atoms with van der Waals surface area (Å²) in [4.78, 5) is 10.5. The summed E-state index contributed by atoms with van der Waals surface area (Å²) >= 11 is 0. The van der Waals surface area contributed by atoms with E-state index in [9.17, 15) is 15.2 Å². The van der Waals surface area contributed by atoms with Crippen LogP contribution in [0.1, 0.15) is 27.7 Å². The lowest BCUT2D eigenvalue weighted by atomic mass is 9.81. The quantitative estimate of drug-likeness (QED) is 0.503. The van der Waals surface area contributed by atoms with Crippen molar-refractivity contribution in [1.82, 2.24) is 0 Å². The van der Waals surface area contributed by atoms with E-state index >= 15 is 0 Å². The summed E-state index contributed by atoms with van der Waals surface area (Å²) < 4.78 is 5.75. The Morgan fingerprint density at radius 2 is 1.62 bits per heavy atom. The van der Waals surface area contributed by atoms with Crippen LogP contribution in [0.15, 0.2) is 48.5 Å². The van der Waals surface area contributed by atoms with Crippen molar-refractivity contribution in [1.29, 1.82) is 0 Å². The Labute approximate surface area is 142 Å². The summed E-state index contributed by atoms with van der Waals surface area (Å²) in [6.45, 7) is 7.02. The molecule has 6 heteroatoms. The Bertz CT molecular complexity index is 738. The van der Waals surface area contributed by atoms with Crippen molar-refractivity contribution < 1.29 is 14.7 Å². The van der Waals surface area contributed by atoms with Gasteiger partial charge >= 0.3 is 7.48 Å². The highest BCUT2D eigenvalue weighted by molar-refractivity contribution is 6.47. The van der Waals surface area contributed by atoms with Gasteiger partial charge in [-0.1, -0.05) is 41.9 Å². The molecule has 5 nitrogen and oxygen atoms in total. The summed E-state index contributed by atoms with van der Waals surface area (Å²) in [5.41, 5.74) is 0.742. The molecule has 2 aromatic carbocycles. The first-order valence-electron chi connectivity index (χ1n) is 7.68. The van der Waals surface area contributed by atoms with Gasteiger partial charge in [-0.25, -0.2) is 0 Å². The molecular formula is C18H21BNO4. The Morgan fingerprint density at radius 3 is 2.21 bits per heavy atom. The van der Waals surface area contributed by atoms with E-state index in [2.05, 4.69) is 0 Å². The fourth-order valence-corrected chi connectivity index (χ4v) is 1.95. The standard InChI is InChI=1S/C18H21BNO4/c1-17(2,21)18(3,4)24-19-15-9-5-7-13(11-15)14-8-6-10-16(12-14)20(22)23/h5-12,21H,1-4H3. The highest BCUT2D eigenvalue weighted by atomic mass is 16.6. The first-order chi connectivity index (χ1) is 11.1. The van der Waals surface area contributed by atoms with Crippen LogP contribution in [-0.2, 0) is 4.65 Å². The van der Waals surface area contributed by atoms with Crippen LogP contribution in [0.25, 0.3) is 11.1 Å². The van der Waals surface area contributed by atoms with Gasteiger partial charge in [-0.15, -0.1) is 0 Å². The van der Waals surface area contributed by atoms with Gasteiger partial charge in [0.1, 0.15) is 0 Å². The van der Waals surface area contributed by atoms with Crippen molar-refractivity contribution in [2.75, 3.05) is 0 Å². The second-order valence-electron chi connectivity index (χ2n) is 6.74. The maximum absolute atomic E-state index is 10.9. The monoisotopic (exact) mass is 326 g/mol. The Hall–Kier alpha value is -2.18. The van der Waals surface area contributed by atoms with Crippen molar-refractivity contribution >= 4 is 18.6 Å². The SMILES string of the molecule is CC(C)(O)C(C)(C)O[B]c1cccc(-c2cccc([N+](=O)[O-])c2)c1. The average molecular weight is 326 g/mol. The van der Waals surface area contributed by atoms with Gasteiger partial charge in [-0.2, -0.15) is 0 Å². The number of hydrogen-bond donors (Lipinski definition) is 1. The summed E-state index contributed by atoms with van der Waals surface area (Å²) in [6, 6.07) is 14.0. The molecule has 24 heavy (non-hydrogen) atoms. The third-order valence-corrected chi connectivity index (χ3v) is 4.24. The molecule has 0 saturated heterocycles. The predicted octanol–water partition coefficient (Wildman–Crippen LogP) is 3.07. The molecule has 0 unspecified atom stereocenters. The van der Waals surface area contributed by atoms with Gasteiger partial charge in [0.2, 0.25) is 0 Å². The average Bonchev–Trinajstić information content (AvgIpc) is 2.52. The van der Waals surface area contributed by atoms with Crippen molar-refractivity contribution in [3.63, 3.8) is 0 Å². The maximum Gasteiger partial charge on any atom is 0.330 e. The van der Waals surface area contributed by atoms with Crippen molar-refractivity contribution in [3.8, 4) is 11.1 Å². The largest absolute Gasteiger partial charge is 0.427 e. The van der Waals surface area contributed by atoms with E-state index in [1.807, 2.05) is 44.2 Å². The lowest BCUT2D eigenvalue weighted by Crippen LogP contribution is -2.49. The third kappa shape index (κ3) is 4.22. The van der Waals surface area contributed by atoms with Gasteiger partial charge in [-0.05, 0) is 38.8 Å². The van der Waals surface area contributed by atoms with Gasteiger partial charge in [0.15, 0.2) is 0 Å². The minimum atomic E-state index is -0.999. The van der Waals surface area contributed by atoms with E-state index < -0.39 is 16.1 Å². The molecule has 0 amide bonds. The number of benzene rings is 2. The molecular weight excluding hydrogens is 305 g/mol. The zero-order valence-electron chi connectivity index (χ0n) is 14.3. The van der Waals surface area contributed by atoms with Crippen LogP contribution in [0.4, 0.5) is 5.69 Å². The fraction of sp³-hybridized carbons (Fsp3) is 0.333. The highest BCUT2D eigenvalue weighted by Crippen LogP contribution is 2.25. The maximum atomic E-state index is 10.9. The molecule has 0 aromatic heterocycles. The lowest BCUT2D eigenvalue weighted by Gasteiger charge is -2.37. The molecule has 0 aliphatic heterocycles. The Kier molecular flexibility index (Phi) is 5.11. The summed E-state index contributed by atoms with van der Waals surface area (Å²) in [5.74, 6) is 0. The second kappa shape index (κ2) is 6.75. The topological polar surface area (TPSA) is 72.6 Å². The van der Waals surface area contributed by atoms with Crippen molar-refractivity contribution in [2.24, 2.45) is 0 Å². The van der Waals surface area contributed by atoms with E-state index in [0.29, 0.717) is 0 Å². The van der Waals surface area contributed by atoms with Gasteiger partial charge in [-0.3, -0.25) is 10.1 Å². The van der Waals surface area contributed by atoms with E-state index in [1.54, 1.807) is 33.5 Å². The van der Waals surface area contributed by atoms with Gasteiger partial charge < -0.3 is 9.76 Å². The van der Waals surface area contributed by atoms with Crippen LogP contribution in [-0.4, -0.2) is 28.7 Å².